The fraction of sp³-hybridized carbons (Fsp3) is 0.657. The Kier molecular flexibility index (Phi) is 38.6. The number of nitrogens with zero attached hydrogens (tertiary/aromatic N) is 14. The molecule has 0 aliphatic carbocycles. The maximum Gasteiger partial charge on any atom is 0.248 e. The Morgan fingerprint density at radius 3 is 0.899 bits per heavy atom. The van der Waals surface area contributed by atoms with Crippen molar-refractivity contribution in [3.05, 3.63) is 154 Å². The van der Waals surface area contributed by atoms with Crippen molar-refractivity contribution in [2.24, 2.45) is 0 Å². The second-order valence-electron chi connectivity index (χ2n) is 44.0. The molecule has 129 heavy (non-hydrogen) atoms. The van der Waals surface area contributed by atoms with Crippen molar-refractivity contribution in [1.82, 2.24) is 39.2 Å². The summed E-state index contributed by atoms with van der Waals surface area (Å²) in [5, 5.41) is 8.92. The van der Waals surface area contributed by atoms with Crippen LogP contribution in [0.1, 0.15) is 204 Å². The Labute approximate surface area is 782 Å². The van der Waals surface area contributed by atoms with Crippen LogP contribution in [0.3, 0.4) is 0 Å². The second-order valence-corrected chi connectivity index (χ2v) is 44.0. The molecule has 20 nitrogen and oxygen atoms in total. The van der Waals surface area contributed by atoms with Crippen molar-refractivity contribution in [3.63, 3.8) is 0 Å². The van der Waals surface area contributed by atoms with Crippen LogP contribution in [0.15, 0.2) is 115 Å². The molecular weight excluding hydrogens is 1610 g/mol. The van der Waals surface area contributed by atoms with Gasteiger partial charge in [-0.05, 0) is 196 Å². The van der Waals surface area contributed by atoms with Gasteiger partial charge in [-0.15, -0.1) is 0 Å². The lowest BCUT2D eigenvalue weighted by Gasteiger charge is -2.42. The Morgan fingerprint density at radius 1 is 0.341 bits per heavy atom. The fourth-order valence-electron chi connectivity index (χ4n) is 18.6. The minimum Gasteiger partial charge on any atom is -0.496 e. The molecule has 1 N–H and O–H groups in total. The van der Waals surface area contributed by atoms with Gasteiger partial charge in [0.2, 0.25) is 5.91 Å². The van der Waals surface area contributed by atoms with Gasteiger partial charge in [0, 0.05) is 254 Å². The first-order valence-electron chi connectivity index (χ1n) is 48.9. The molecule has 0 aromatic heterocycles. The number of benzene rings is 6. The Hall–Kier alpha value is -7.60. The molecule has 8 heterocycles. The number of anilines is 6. The van der Waals surface area contributed by atoms with Crippen molar-refractivity contribution in [3.8, 4) is 23.0 Å². The number of hydrogen-bond acceptors (Lipinski definition) is 19. The number of halogens is 1. The molecule has 6 aromatic carbocycles. The van der Waals surface area contributed by atoms with Crippen LogP contribution in [-0.2, 0) is 37.3 Å². The van der Waals surface area contributed by atoms with Crippen LogP contribution >= 0.6 is 0 Å². The molecule has 21 heteroatoms. The molecule has 0 unspecified atom stereocenters. The number of aliphatic hydroxyl groups is 1. The summed E-state index contributed by atoms with van der Waals surface area (Å²) in [6.45, 7) is 76.5. The highest BCUT2D eigenvalue weighted by Crippen LogP contribution is 2.41. The average Bonchev–Trinajstić information content (AvgIpc) is 0.826. The predicted octanol–water partition coefficient (Wildman–Crippen LogP) is 17.6. The highest BCUT2D eigenvalue weighted by molar-refractivity contribution is 5.77. The molecule has 1 amide bonds. The van der Waals surface area contributed by atoms with E-state index in [4.69, 9.17) is 24.1 Å². The number of rotatable bonds is 15. The first kappa shape index (κ1) is 105. The summed E-state index contributed by atoms with van der Waals surface area (Å²) < 4.78 is 37.4. The van der Waals surface area contributed by atoms with Crippen molar-refractivity contribution in [2.75, 3.05) is 275 Å². The second kappa shape index (κ2) is 47.3. The van der Waals surface area contributed by atoms with Gasteiger partial charge >= 0.3 is 0 Å². The topological polar surface area (TPSA) is 120 Å². The molecule has 8 aliphatic rings. The van der Waals surface area contributed by atoms with Gasteiger partial charge in [0.05, 0.1) is 26.9 Å². The number of piperazine rings is 6. The molecule has 0 saturated carbocycles. The van der Waals surface area contributed by atoms with E-state index in [1.165, 1.54) is 142 Å². The normalized spacial score (nSPS) is 19.0. The number of piperidine rings is 2. The first-order valence-corrected chi connectivity index (χ1v) is 48.9. The van der Waals surface area contributed by atoms with Gasteiger partial charge < -0.3 is 82.9 Å². The van der Waals surface area contributed by atoms with Crippen molar-refractivity contribution < 1.29 is 33.2 Å². The van der Waals surface area contributed by atoms with Gasteiger partial charge in [0.1, 0.15) is 35.4 Å². The summed E-state index contributed by atoms with van der Waals surface area (Å²) in [5.74, 6) is 3.72. The van der Waals surface area contributed by atoms with E-state index in [0.29, 0.717) is 13.1 Å². The van der Waals surface area contributed by atoms with Crippen LogP contribution in [0.2, 0.25) is 0 Å². The lowest BCUT2D eigenvalue weighted by Crippen LogP contribution is -2.52. The van der Waals surface area contributed by atoms with Gasteiger partial charge in [-0.25, -0.2) is 4.39 Å². The third-order valence-corrected chi connectivity index (χ3v) is 27.2. The summed E-state index contributed by atoms with van der Waals surface area (Å²) in [4.78, 5) is 45.1. The van der Waals surface area contributed by atoms with Crippen LogP contribution in [0.5, 0.6) is 23.0 Å². The number of hydrogen-bond donors (Lipinski definition) is 1. The average molecular weight is 1780 g/mol. The minimum atomic E-state index is -0.409. The number of carbonyl (C=O) groups excluding carboxylic acids is 1. The first-order chi connectivity index (χ1) is 60.7. The summed E-state index contributed by atoms with van der Waals surface area (Å²) >= 11 is 0. The SMILES string of the molecule is CC(C)Oc1cc(N2CCN(C)CC2)ccc1C(C)(C)C.CCOc1cc(N2CCN(C)CC2)ccc1C(C)(C)C.CN1CCN(C2CCN(c3ccc(C(C)(C)C)cc3)CC2)CC1.CN1CCN(c2ccc(C(C)(C)C)c(F)c2)CC1.COc1cc(N2CCC(N3CCN(C)CC3)CC2)ccc1C(C)(C)C.COc1cc(N2CCN(C(=O)CO)CC2)ccc1C(C)(C)C. The van der Waals surface area contributed by atoms with Gasteiger partial charge in [-0.3, -0.25) is 14.6 Å². The minimum absolute atomic E-state index is 0.0378. The summed E-state index contributed by atoms with van der Waals surface area (Å²) in [5.41, 5.74) is 15.1. The standard InChI is InChI=1S/C21H35N3O.C20H33N3.C18H30N2O.C17H26N2O3.C17H28N2O.C15H23FN2/c1-21(2,3)19-7-6-18(16-20(19)25-5)23-10-8-17(9-11-23)24-14-12-22(4)13-15-24;1-20(2,3)17-5-7-18(8-6-17)22-11-9-19(10-12-22)23-15-13-21(4)14-16-23;1-14(2)21-17-13-15(7-8-16(17)18(3,4)5)20-11-9-19(6)10-12-20;1-17(2,3)14-6-5-13(11-15(14)22-4)18-7-9-19(10-8-18)16(21)12-20;1-6-20-16-13-14(7-8-15(16)17(2,3)4)19-11-9-18(5)10-12-19;1-15(2,3)13-6-5-12(11-14(13)16)18-9-7-17(4)8-10-18/h6-7,16-17H,8-15H2,1-5H3;5-8,19H,9-16H2,1-4H3;7-8,13-14H,9-12H2,1-6H3;5-6,11,20H,7-10,12H2,1-4H3;7-8,13H,6,9-12H2,1-5H3;5-6,11H,7-10H2,1-4H3. The molecular formula is C108H175FN14O6. The van der Waals surface area contributed by atoms with Crippen molar-refractivity contribution >= 4 is 40.0 Å². The number of aliphatic hydroxyl groups excluding tert-OH is 1. The van der Waals surface area contributed by atoms with Gasteiger partial charge in [0.25, 0.3) is 0 Å². The number of ether oxygens (including phenoxy) is 4. The van der Waals surface area contributed by atoms with Crippen LogP contribution in [0.4, 0.5) is 38.5 Å². The predicted molar refractivity (Wildman–Crippen MR) is 544 cm³/mol. The number of carbonyl (C=O) groups is 1. The van der Waals surface area contributed by atoms with Crippen LogP contribution in [-0.4, -0.2) is 314 Å². The number of methoxy groups -OCH3 is 2. The zero-order chi connectivity index (χ0) is 94.5. The summed E-state index contributed by atoms with van der Waals surface area (Å²) in [6.07, 6.45) is 5.36. The number of likely N-dealkylation sites (N-methyl/N-ethyl adjacent to an activating group) is 5. The Bertz CT molecular complexity index is 4340. The van der Waals surface area contributed by atoms with E-state index in [1.807, 2.05) is 26.8 Å². The van der Waals surface area contributed by atoms with E-state index in [2.05, 4.69) is 327 Å². The van der Waals surface area contributed by atoms with E-state index in [0.717, 1.165) is 163 Å². The largest absolute Gasteiger partial charge is 0.496 e. The monoisotopic (exact) mass is 1780 g/mol. The van der Waals surface area contributed by atoms with Crippen molar-refractivity contribution in [2.45, 2.75) is 222 Å². The molecule has 0 radical (unpaired) electrons. The van der Waals surface area contributed by atoms with Crippen LogP contribution in [0.25, 0.3) is 0 Å². The summed E-state index contributed by atoms with van der Waals surface area (Å²) in [7, 11) is 14.5. The van der Waals surface area contributed by atoms with Crippen LogP contribution < -0.4 is 48.3 Å². The Morgan fingerprint density at radius 2 is 0.605 bits per heavy atom. The van der Waals surface area contributed by atoms with E-state index in [1.54, 1.807) is 25.2 Å². The van der Waals surface area contributed by atoms with Crippen molar-refractivity contribution in [1.29, 1.82) is 0 Å². The zero-order valence-electron chi connectivity index (χ0n) is 85.9. The van der Waals surface area contributed by atoms with Crippen LogP contribution in [0, 0.1) is 5.82 Å². The lowest BCUT2D eigenvalue weighted by molar-refractivity contribution is -0.134. The van der Waals surface area contributed by atoms with E-state index < -0.39 is 6.61 Å². The molecule has 6 aromatic rings. The van der Waals surface area contributed by atoms with E-state index >= 15 is 0 Å². The molecule has 8 aliphatic heterocycles. The molecule has 8 saturated heterocycles. The van der Waals surface area contributed by atoms with E-state index in [9.17, 15) is 9.18 Å². The third kappa shape index (κ3) is 31.3. The van der Waals surface area contributed by atoms with E-state index in [-0.39, 0.29) is 50.3 Å². The highest BCUT2D eigenvalue weighted by atomic mass is 19.1. The van der Waals surface area contributed by atoms with Gasteiger partial charge in [-0.2, -0.15) is 0 Å². The quantitative estimate of drug-likeness (QED) is 0.105. The fourth-order valence-corrected chi connectivity index (χ4v) is 18.6. The molecule has 0 bridgehead atoms. The van der Waals surface area contributed by atoms with Gasteiger partial charge in [-0.1, -0.05) is 167 Å². The molecule has 8 fully saturated rings. The molecule has 720 valence electrons. The molecule has 0 spiro atoms. The lowest BCUT2D eigenvalue weighted by atomic mass is 9.86. The smallest absolute Gasteiger partial charge is 0.248 e. The maximum atomic E-state index is 14.1. The molecule has 14 rings (SSSR count). The third-order valence-electron chi connectivity index (χ3n) is 27.2. The Balaban J connectivity index is 0.000000175. The summed E-state index contributed by atoms with van der Waals surface area (Å²) in [6, 6.07) is 43.0. The highest BCUT2D eigenvalue weighted by Gasteiger charge is 2.33. The zero-order valence-corrected chi connectivity index (χ0v) is 85.9. The number of amides is 1. The maximum absolute atomic E-state index is 14.1. The molecule has 0 atom stereocenters. The van der Waals surface area contributed by atoms with Gasteiger partial charge in [0.15, 0.2) is 0 Å².